The highest BCUT2D eigenvalue weighted by atomic mass is 14.1. The van der Waals surface area contributed by atoms with Crippen molar-refractivity contribution < 1.29 is 0 Å². The second-order valence-corrected chi connectivity index (χ2v) is 3.11. The van der Waals surface area contributed by atoms with Crippen molar-refractivity contribution in [2.75, 3.05) is 0 Å². The first-order valence-corrected chi connectivity index (χ1v) is 3.64. The van der Waals surface area contributed by atoms with Crippen molar-refractivity contribution in [3.63, 3.8) is 0 Å². The van der Waals surface area contributed by atoms with E-state index in [0.717, 1.165) is 6.42 Å². The van der Waals surface area contributed by atoms with E-state index in [1.165, 1.54) is 22.3 Å². The summed E-state index contributed by atoms with van der Waals surface area (Å²) in [5, 5.41) is 0. The molecule has 0 heterocycles. The van der Waals surface area contributed by atoms with Gasteiger partial charge in [-0.25, -0.2) is 0 Å². The zero-order valence-corrected chi connectivity index (χ0v) is 6.99. The molecule has 0 aromatic heterocycles. The molecule has 54 valence electrons. The molecule has 0 atom stereocenters. The van der Waals surface area contributed by atoms with Crippen molar-refractivity contribution in [2.24, 2.45) is 0 Å². The molecule has 1 rings (SSSR count). The number of rotatable bonds is 1. The smallest absolute Gasteiger partial charge is 0.00616 e. The first-order valence-electron chi connectivity index (χ1n) is 3.64. The molecule has 0 radical (unpaired) electrons. The van der Waals surface area contributed by atoms with E-state index in [0.29, 0.717) is 0 Å². The van der Waals surface area contributed by atoms with Crippen molar-refractivity contribution >= 4 is 0 Å². The Balaban J connectivity index is 2.86. The van der Waals surface area contributed by atoms with Crippen molar-refractivity contribution in [3.8, 4) is 0 Å². The third-order valence-electron chi connectivity index (χ3n) is 1.91. The molecule has 0 bridgehead atoms. The van der Waals surface area contributed by atoms with Gasteiger partial charge in [-0.3, -0.25) is 0 Å². The van der Waals surface area contributed by atoms with E-state index in [1.54, 1.807) is 0 Å². The van der Waals surface area contributed by atoms with E-state index in [9.17, 15) is 0 Å². The van der Waals surface area contributed by atoms with E-state index < -0.39 is 0 Å². The van der Waals surface area contributed by atoms with Crippen LogP contribution in [-0.4, -0.2) is 0 Å². The molecular formula is C10H14. The Labute approximate surface area is 62.9 Å². The number of allylic oxidation sites excluding steroid dienone is 5. The van der Waals surface area contributed by atoms with Gasteiger partial charge in [0.05, 0.1) is 0 Å². The van der Waals surface area contributed by atoms with E-state index in [2.05, 4.69) is 33.4 Å². The minimum Gasteiger partial charge on any atom is -0.0958 e. The van der Waals surface area contributed by atoms with Gasteiger partial charge >= 0.3 is 0 Å². The predicted octanol–water partition coefficient (Wildman–Crippen LogP) is 3.23. The maximum atomic E-state index is 3.93. The summed E-state index contributed by atoms with van der Waals surface area (Å²) in [5.41, 5.74) is 5.49. The summed E-state index contributed by atoms with van der Waals surface area (Å²) >= 11 is 0. The minimum absolute atomic E-state index is 1.11. The first-order chi connectivity index (χ1) is 4.61. The van der Waals surface area contributed by atoms with Crippen LogP contribution >= 0.6 is 0 Å². The Morgan fingerprint density at radius 2 is 2.10 bits per heavy atom. The Morgan fingerprint density at radius 1 is 1.50 bits per heavy atom. The van der Waals surface area contributed by atoms with E-state index in [4.69, 9.17) is 0 Å². The van der Waals surface area contributed by atoms with E-state index >= 15 is 0 Å². The van der Waals surface area contributed by atoms with Gasteiger partial charge in [-0.15, -0.1) is 0 Å². The average Bonchev–Trinajstić information content (AvgIpc) is 2.10. The van der Waals surface area contributed by atoms with Gasteiger partial charge in [-0.1, -0.05) is 23.8 Å². The van der Waals surface area contributed by atoms with Gasteiger partial charge < -0.3 is 0 Å². The molecule has 0 fully saturated rings. The van der Waals surface area contributed by atoms with Crippen molar-refractivity contribution in [3.05, 3.63) is 34.9 Å². The van der Waals surface area contributed by atoms with Gasteiger partial charge in [0, 0.05) is 0 Å². The van der Waals surface area contributed by atoms with Crippen LogP contribution in [0.2, 0.25) is 0 Å². The van der Waals surface area contributed by atoms with Crippen LogP contribution in [0.15, 0.2) is 34.9 Å². The minimum atomic E-state index is 1.11. The fourth-order valence-electron chi connectivity index (χ4n) is 1.41. The maximum absolute atomic E-state index is 3.93. The molecule has 0 heteroatoms. The molecule has 0 aliphatic heterocycles. The van der Waals surface area contributed by atoms with Crippen molar-refractivity contribution in [2.45, 2.75) is 27.2 Å². The number of hydrogen-bond acceptors (Lipinski definition) is 0. The summed E-state index contributed by atoms with van der Waals surface area (Å²) in [4.78, 5) is 0. The lowest BCUT2D eigenvalue weighted by Gasteiger charge is -2.01. The molecular weight excluding hydrogens is 120 g/mol. The van der Waals surface area contributed by atoms with Gasteiger partial charge in [-0.2, -0.15) is 0 Å². The lowest BCUT2D eigenvalue weighted by atomic mass is 10.0. The lowest BCUT2D eigenvalue weighted by Crippen LogP contribution is -1.81. The van der Waals surface area contributed by atoms with Crippen LogP contribution in [0.25, 0.3) is 0 Å². The van der Waals surface area contributed by atoms with Crippen LogP contribution in [0.5, 0.6) is 0 Å². The Kier molecular flexibility index (Phi) is 1.80. The van der Waals surface area contributed by atoms with Gasteiger partial charge in [0.15, 0.2) is 0 Å². The quantitative estimate of drug-likeness (QED) is 0.516. The van der Waals surface area contributed by atoms with Crippen molar-refractivity contribution in [1.29, 1.82) is 0 Å². The van der Waals surface area contributed by atoms with Gasteiger partial charge in [0.2, 0.25) is 0 Å². The molecule has 0 saturated heterocycles. The largest absolute Gasteiger partial charge is 0.0958 e. The zero-order valence-electron chi connectivity index (χ0n) is 6.99. The summed E-state index contributed by atoms with van der Waals surface area (Å²) in [6.45, 7) is 10.3. The van der Waals surface area contributed by atoms with Crippen LogP contribution in [-0.2, 0) is 0 Å². The van der Waals surface area contributed by atoms with Gasteiger partial charge in [0.25, 0.3) is 0 Å². The highest BCUT2D eigenvalue weighted by Gasteiger charge is 2.09. The van der Waals surface area contributed by atoms with Crippen LogP contribution in [0.3, 0.4) is 0 Å². The van der Waals surface area contributed by atoms with Crippen LogP contribution < -0.4 is 0 Å². The van der Waals surface area contributed by atoms with Gasteiger partial charge in [0.1, 0.15) is 0 Å². The second-order valence-electron chi connectivity index (χ2n) is 3.11. The Morgan fingerprint density at radius 3 is 2.30 bits per heavy atom. The fraction of sp³-hybridized carbons (Fsp3) is 0.400. The molecule has 0 aromatic carbocycles. The van der Waals surface area contributed by atoms with E-state index in [1.807, 2.05) is 0 Å². The normalized spacial score (nSPS) is 17.7. The lowest BCUT2D eigenvalue weighted by molar-refractivity contribution is 1.15. The fourth-order valence-corrected chi connectivity index (χ4v) is 1.41. The molecule has 0 unspecified atom stereocenters. The Bertz CT molecular complexity index is 226. The predicted molar refractivity (Wildman–Crippen MR) is 45.9 cm³/mol. The van der Waals surface area contributed by atoms with Crippen LogP contribution in [0.4, 0.5) is 0 Å². The molecule has 0 aromatic rings. The molecule has 0 spiro atoms. The summed E-state index contributed by atoms with van der Waals surface area (Å²) in [6, 6.07) is 0. The Hall–Kier alpha value is -0.780. The molecule has 1 aliphatic rings. The summed E-state index contributed by atoms with van der Waals surface area (Å²) in [7, 11) is 0. The molecule has 0 saturated carbocycles. The molecule has 0 N–H and O–H groups in total. The highest BCUT2D eigenvalue weighted by molar-refractivity contribution is 5.45. The SMILES string of the molecule is C=C(C)C1=C(C)C=C(C)C1. The summed E-state index contributed by atoms with van der Waals surface area (Å²) < 4.78 is 0. The summed E-state index contributed by atoms with van der Waals surface area (Å²) in [5.74, 6) is 0. The van der Waals surface area contributed by atoms with Crippen LogP contribution in [0, 0.1) is 0 Å². The third kappa shape index (κ3) is 1.21. The average molecular weight is 134 g/mol. The van der Waals surface area contributed by atoms with E-state index in [-0.39, 0.29) is 0 Å². The molecule has 1 aliphatic carbocycles. The monoisotopic (exact) mass is 134 g/mol. The van der Waals surface area contributed by atoms with Crippen molar-refractivity contribution in [1.82, 2.24) is 0 Å². The molecule has 0 amide bonds. The molecule has 0 nitrogen and oxygen atoms in total. The maximum Gasteiger partial charge on any atom is -0.00616 e. The highest BCUT2D eigenvalue weighted by Crippen LogP contribution is 2.28. The van der Waals surface area contributed by atoms with Crippen LogP contribution in [0.1, 0.15) is 27.2 Å². The van der Waals surface area contributed by atoms with Gasteiger partial charge in [-0.05, 0) is 38.3 Å². The standard InChI is InChI=1S/C10H14/c1-7(2)10-6-8(3)5-9(10)4/h5H,1,6H2,2-4H3. The molecule has 10 heavy (non-hydrogen) atoms. The zero-order chi connectivity index (χ0) is 7.72. The third-order valence-corrected chi connectivity index (χ3v) is 1.91. The summed E-state index contributed by atoms with van der Waals surface area (Å²) in [6.07, 6.45) is 3.35. The first kappa shape index (κ1) is 7.33. The topological polar surface area (TPSA) is 0 Å². The second kappa shape index (κ2) is 2.45. The number of hydrogen-bond donors (Lipinski definition) is 0.